The van der Waals surface area contributed by atoms with Crippen LogP contribution >= 0.6 is 0 Å². The summed E-state index contributed by atoms with van der Waals surface area (Å²) >= 11 is 0. The number of nitrogens with zero attached hydrogens (tertiary/aromatic N) is 2. The van der Waals surface area contributed by atoms with Crippen molar-refractivity contribution in [1.82, 2.24) is 9.97 Å². The summed E-state index contributed by atoms with van der Waals surface area (Å²) in [5.74, 6) is 0. The van der Waals surface area contributed by atoms with Crippen LogP contribution in [0.1, 0.15) is 11.1 Å². The summed E-state index contributed by atoms with van der Waals surface area (Å²) in [5.41, 5.74) is 4.52. The largest absolute Gasteiger partial charge is 0.253 e. The predicted molar refractivity (Wildman–Crippen MR) is 84.0 cm³/mol. The fraction of sp³-hybridized carbons (Fsp3) is 0.111. The third kappa shape index (κ3) is 1.39. The van der Waals surface area contributed by atoms with Crippen LogP contribution in [0.15, 0.2) is 48.8 Å². The van der Waals surface area contributed by atoms with E-state index in [0.717, 1.165) is 11.0 Å². The first-order valence-electron chi connectivity index (χ1n) is 6.78. The summed E-state index contributed by atoms with van der Waals surface area (Å²) in [6, 6.07) is 12.9. The Bertz CT molecular complexity index is 971. The zero-order valence-corrected chi connectivity index (χ0v) is 11.5. The van der Waals surface area contributed by atoms with Gasteiger partial charge in [0.25, 0.3) is 0 Å². The Morgan fingerprint density at radius 1 is 0.700 bits per heavy atom. The van der Waals surface area contributed by atoms with Crippen molar-refractivity contribution in [2.45, 2.75) is 13.8 Å². The maximum atomic E-state index is 4.60. The Morgan fingerprint density at radius 2 is 1.45 bits per heavy atom. The minimum absolute atomic E-state index is 1.00. The summed E-state index contributed by atoms with van der Waals surface area (Å²) in [7, 11) is 0. The average Bonchev–Trinajstić information content (AvgIpc) is 2.51. The molecule has 2 nitrogen and oxygen atoms in total. The van der Waals surface area contributed by atoms with Crippen LogP contribution in [0.3, 0.4) is 0 Å². The van der Waals surface area contributed by atoms with Crippen molar-refractivity contribution in [2.75, 3.05) is 0 Å². The average molecular weight is 258 g/mol. The molecular formula is C18H14N2. The molecule has 0 aliphatic rings. The number of aryl methyl sites for hydroxylation is 2. The molecule has 0 aliphatic heterocycles. The van der Waals surface area contributed by atoms with E-state index in [0.29, 0.717) is 0 Å². The molecule has 4 rings (SSSR count). The van der Waals surface area contributed by atoms with E-state index in [1.165, 1.54) is 32.7 Å². The lowest BCUT2D eigenvalue weighted by Crippen LogP contribution is -1.93. The Morgan fingerprint density at radius 3 is 2.30 bits per heavy atom. The molecule has 1 heterocycles. The van der Waals surface area contributed by atoms with Gasteiger partial charge >= 0.3 is 0 Å². The summed E-state index contributed by atoms with van der Waals surface area (Å²) in [4.78, 5) is 9.13. The topological polar surface area (TPSA) is 25.8 Å². The first kappa shape index (κ1) is 11.4. The van der Waals surface area contributed by atoms with Gasteiger partial charge in [0.15, 0.2) is 0 Å². The number of benzene rings is 3. The first-order valence-corrected chi connectivity index (χ1v) is 6.78. The van der Waals surface area contributed by atoms with Crippen molar-refractivity contribution in [2.24, 2.45) is 0 Å². The van der Waals surface area contributed by atoms with Crippen molar-refractivity contribution in [1.29, 1.82) is 0 Å². The molecule has 0 saturated carbocycles. The molecule has 0 spiro atoms. The maximum Gasteiger partial charge on any atom is 0.0974 e. The summed E-state index contributed by atoms with van der Waals surface area (Å²) in [5, 5.41) is 4.98. The quantitative estimate of drug-likeness (QED) is 0.432. The van der Waals surface area contributed by atoms with Crippen molar-refractivity contribution < 1.29 is 0 Å². The number of hydrogen-bond donors (Lipinski definition) is 0. The second-order valence-electron chi connectivity index (χ2n) is 5.21. The highest BCUT2D eigenvalue weighted by atomic mass is 14.8. The Labute approximate surface area is 117 Å². The van der Waals surface area contributed by atoms with Crippen LogP contribution < -0.4 is 0 Å². The second-order valence-corrected chi connectivity index (χ2v) is 5.21. The fourth-order valence-electron chi connectivity index (χ4n) is 3.01. The van der Waals surface area contributed by atoms with Gasteiger partial charge in [-0.2, -0.15) is 0 Å². The molecule has 3 aromatic carbocycles. The van der Waals surface area contributed by atoms with Gasteiger partial charge in [-0.05, 0) is 41.1 Å². The van der Waals surface area contributed by atoms with E-state index in [1.807, 2.05) is 0 Å². The van der Waals surface area contributed by atoms with Crippen molar-refractivity contribution >= 4 is 32.6 Å². The molecule has 96 valence electrons. The molecule has 0 fully saturated rings. The molecule has 1 aromatic heterocycles. The Balaban J connectivity index is 2.42. The van der Waals surface area contributed by atoms with E-state index >= 15 is 0 Å². The summed E-state index contributed by atoms with van der Waals surface area (Å²) < 4.78 is 0. The standard InChI is InChI=1S/C18H14N2/c1-11-12(2)17-18(20-10-9-19-17)16-14(11)8-7-13-5-3-4-6-15(13)16/h3-10H,1-2H3. The Kier molecular flexibility index (Phi) is 2.27. The second kappa shape index (κ2) is 4.01. The molecule has 20 heavy (non-hydrogen) atoms. The monoisotopic (exact) mass is 258 g/mol. The van der Waals surface area contributed by atoms with Gasteiger partial charge < -0.3 is 0 Å². The van der Waals surface area contributed by atoms with Gasteiger partial charge in [0, 0.05) is 17.8 Å². The molecule has 0 unspecified atom stereocenters. The molecule has 4 aromatic rings. The van der Waals surface area contributed by atoms with Gasteiger partial charge in [-0.15, -0.1) is 0 Å². The van der Waals surface area contributed by atoms with Gasteiger partial charge in [-0.3, -0.25) is 9.97 Å². The van der Waals surface area contributed by atoms with Crippen LogP contribution in [0.4, 0.5) is 0 Å². The van der Waals surface area contributed by atoms with Gasteiger partial charge in [0.05, 0.1) is 11.0 Å². The Hall–Kier alpha value is -2.48. The van der Waals surface area contributed by atoms with Crippen LogP contribution in [-0.2, 0) is 0 Å². The van der Waals surface area contributed by atoms with Crippen LogP contribution in [-0.4, -0.2) is 9.97 Å². The highest BCUT2D eigenvalue weighted by Gasteiger charge is 2.12. The first-order chi connectivity index (χ1) is 9.77. The van der Waals surface area contributed by atoms with Crippen LogP contribution in [0, 0.1) is 13.8 Å². The normalized spacial score (nSPS) is 11.5. The third-order valence-corrected chi connectivity index (χ3v) is 4.19. The molecule has 0 radical (unpaired) electrons. The highest BCUT2D eigenvalue weighted by Crippen LogP contribution is 2.34. The smallest absolute Gasteiger partial charge is 0.0974 e. The van der Waals surface area contributed by atoms with Crippen LogP contribution in [0.2, 0.25) is 0 Å². The van der Waals surface area contributed by atoms with E-state index in [2.05, 4.69) is 60.2 Å². The lowest BCUT2D eigenvalue weighted by molar-refractivity contribution is 1.27. The highest BCUT2D eigenvalue weighted by molar-refractivity contribution is 6.19. The van der Waals surface area contributed by atoms with Gasteiger partial charge in [0.2, 0.25) is 0 Å². The minimum Gasteiger partial charge on any atom is -0.253 e. The van der Waals surface area contributed by atoms with E-state index in [9.17, 15) is 0 Å². The molecule has 0 amide bonds. The molecule has 0 aliphatic carbocycles. The molecule has 0 atom stereocenters. The molecule has 0 saturated heterocycles. The number of fused-ring (bicyclic) bond motifs is 5. The number of rotatable bonds is 0. The minimum atomic E-state index is 1.00. The predicted octanol–water partition coefficient (Wildman–Crippen LogP) is 4.55. The van der Waals surface area contributed by atoms with Gasteiger partial charge in [-0.25, -0.2) is 0 Å². The number of hydrogen-bond acceptors (Lipinski definition) is 2. The lowest BCUT2D eigenvalue weighted by atomic mass is 9.94. The van der Waals surface area contributed by atoms with Crippen molar-refractivity contribution in [3.63, 3.8) is 0 Å². The SMILES string of the molecule is Cc1c(C)c2nccnc2c2c1ccc1ccccc12. The van der Waals surface area contributed by atoms with Crippen molar-refractivity contribution in [3.05, 3.63) is 59.9 Å². The molecule has 0 N–H and O–H groups in total. The van der Waals surface area contributed by atoms with Gasteiger partial charge in [0.1, 0.15) is 0 Å². The van der Waals surface area contributed by atoms with E-state index in [-0.39, 0.29) is 0 Å². The maximum absolute atomic E-state index is 4.60. The summed E-state index contributed by atoms with van der Waals surface area (Å²) in [6.45, 7) is 4.29. The summed E-state index contributed by atoms with van der Waals surface area (Å²) in [6.07, 6.45) is 3.55. The third-order valence-electron chi connectivity index (χ3n) is 4.19. The molecule has 0 bridgehead atoms. The lowest BCUT2D eigenvalue weighted by Gasteiger charge is -2.12. The van der Waals surface area contributed by atoms with Crippen molar-refractivity contribution in [3.8, 4) is 0 Å². The van der Waals surface area contributed by atoms with Gasteiger partial charge in [-0.1, -0.05) is 36.4 Å². The van der Waals surface area contributed by atoms with E-state index in [1.54, 1.807) is 12.4 Å². The molecule has 2 heteroatoms. The molecular weight excluding hydrogens is 244 g/mol. The van der Waals surface area contributed by atoms with E-state index in [4.69, 9.17) is 0 Å². The zero-order valence-electron chi connectivity index (χ0n) is 11.5. The van der Waals surface area contributed by atoms with Crippen LogP contribution in [0.25, 0.3) is 32.6 Å². The van der Waals surface area contributed by atoms with Crippen LogP contribution in [0.5, 0.6) is 0 Å². The fourth-order valence-corrected chi connectivity index (χ4v) is 3.01. The number of aromatic nitrogens is 2. The van der Waals surface area contributed by atoms with E-state index < -0.39 is 0 Å². The zero-order chi connectivity index (χ0) is 13.7.